The third-order valence-corrected chi connectivity index (χ3v) is 9.17. The number of benzene rings is 1. The lowest BCUT2D eigenvalue weighted by Gasteiger charge is -2.38. The Kier molecular flexibility index (Phi) is 10.3. The number of rotatable bonds is 9. The van der Waals surface area contributed by atoms with Gasteiger partial charge in [-0.2, -0.15) is 0 Å². The lowest BCUT2D eigenvalue weighted by molar-refractivity contribution is -0.135. The number of imide groups is 1. The van der Waals surface area contributed by atoms with Crippen LogP contribution in [0.4, 0.5) is 10.5 Å². The fourth-order valence-electron chi connectivity index (χ4n) is 6.60. The highest BCUT2D eigenvalue weighted by atomic mass is 16.5. The zero-order valence-corrected chi connectivity index (χ0v) is 24.9. The van der Waals surface area contributed by atoms with Crippen molar-refractivity contribution in [2.24, 2.45) is 5.92 Å². The first-order valence-corrected chi connectivity index (χ1v) is 15.7. The van der Waals surface area contributed by atoms with Crippen LogP contribution in [0.2, 0.25) is 0 Å². The van der Waals surface area contributed by atoms with Gasteiger partial charge in [0.15, 0.2) is 6.61 Å². The highest BCUT2D eigenvalue weighted by Gasteiger charge is 2.28. The van der Waals surface area contributed by atoms with Crippen LogP contribution >= 0.6 is 0 Å². The first-order chi connectivity index (χ1) is 20.3. The Bertz CT molecular complexity index is 1120. The number of piperazine rings is 1. The summed E-state index contributed by atoms with van der Waals surface area (Å²) in [4.78, 5) is 57.3. The normalized spacial score (nSPS) is 21.7. The van der Waals surface area contributed by atoms with Gasteiger partial charge in [-0.1, -0.05) is 25.3 Å². The van der Waals surface area contributed by atoms with Crippen molar-refractivity contribution in [1.29, 1.82) is 0 Å². The molecule has 2 N–H and O–H groups in total. The summed E-state index contributed by atoms with van der Waals surface area (Å²) in [5.41, 5.74) is 1.56. The van der Waals surface area contributed by atoms with Gasteiger partial charge in [0, 0.05) is 57.8 Å². The third-order valence-electron chi connectivity index (χ3n) is 9.17. The number of hydrogen-bond acceptors (Lipinski definition) is 7. The van der Waals surface area contributed by atoms with Gasteiger partial charge < -0.3 is 15.0 Å². The standard InChI is InChI=1S/C31H46N6O5/c1-23-7-8-26(19-27(23)37-14-11-28(38)33-31(37)41)42-22-30(40)36-17-15-35(16-18-36)20-24-9-12-34(13-10-24)21-29(39)32-25-5-3-2-4-6-25/h7-8,19,24-25H,2-6,9-18,20-22H2,1H3,(H,32,39)(H,33,38,41). The molecule has 42 heavy (non-hydrogen) atoms. The first-order valence-electron chi connectivity index (χ1n) is 15.7. The Morgan fingerprint density at radius 2 is 1.67 bits per heavy atom. The maximum Gasteiger partial charge on any atom is 0.328 e. The molecule has 1 saturated carbocycles. The molecule has 1 aromatic carbocycles. The van der Waals surface area contributed by atoms with Crippen LogP contribution in [0, 0.1) is 12.8 Å². The maximum absolute atomic E-state index is 12.9. The lowest BCUT2D eigenvalue weighted by atomic mass is 9.95. The summed E-state index contributed by atoms with van der Waals surface area (Å²) >= 11 is 0. The molecular formula is C31H46N6O5. The fraction of sp³-hybridized carbons (Fsp3) is 0.677. The number of hydrogen-bond donors (Lipinski definition) is 2. The zero-order chi connectivity index (χ0) is 29.5. The van der Waals surface area contributed by atoms with Crippen molar-refractivity contribution in [3.63, 3.8) is 0 Å². The predicted octanol–water partition coefficient (Wildman–Crippen LogP) is 2.13. The molecule has 5 rings (SSSR count). The highest BCUT2D eigenvalue weighted by Crippen LogP contribution is 2.27. The minimum absolute atomic E-state index is 0.0436. The van der Waals surface area contributed by atoms with Crippen molar-refractivity contribution < 1.29 is 23.9 Å². The van der Waals surface area contributed by atoms with E-state index in [1.165, 1.54) is 24.2 Å². The molecular weight excluding hydrogens is 536 g/mol. The van der Waals surface area contributed by atoms with Gasteiger partial charge in [0.25, 0.3) is 5.91 Å². The van der Waals surface area contributed by atoms with Gasteiger partial charge in [0.05, 0.1) is 12.2 Å². The van der Waals surface area contributed by atoms with Crippen LogP contribution in [0.3, 0.4) is 0 Å². The summed E-state index contributed by atoms with van der Waals surface area (Å²) in [6.07, 6.45) is 8.47. The van der Waals surface area contributed by atoms with Crippen LogP contribution in [0.15, 0.2) is 18.2 Å². The van der Waals surface area contributed by atoms with E-state index in [1.54, 1.807) is 12.1 Å². The maximum atomic E-state index is 12.9. The Morgan fingerprint density at radius 1 is 0.929 bits per heavy atom. The van der Waals surface area contributed by atoms with Crippen molar-refractivity contribution in [1.82, 2.24) is 25.3 Å². The Hall–Kier alpha value is -3.18. The quantitative estimate of drug-likeness (QED) is 0.459. The second-order valence-electron chi connectivity index (χ2n) is 12.3. The minimum atomic E-state index is -0.441. The molecule has 0 bridgehead atoms. The Labute approximate surface area is 248 Å². The van der Waals surface area contributed by atoms with E-state index in [1.807, 2.05) is 17.9 Å². The van der Waals surface area contributed by atoms with E-state index in [4.69, 9.17) is 4.74 Å². The number of piperidine rings is 1. The van der Waals surface area contributed by atoms with Crippen molar-refractivity contribution in [3.05, 3.63) is 23.8 Å². The lowest BCUT2D eigenvalue weighted by Crippen LogP contribution is -2.51. The van der Waals surface area contributed by atoms with Crippen molar-refractivity contribution in [3.8, 4) is 5.75 Å². The molecule has 230 valence electrons. The number of nitrogens with zero attached hydrogens (tertiary/aromatic N) is 4. The van der Waals surface area contributed by atoms with Crippen LogP contribution in [0.5, 0.6) is 5.75 Å². The van der Waals surface area contributed by atoms with Crippen LogP contribution in [-0.2, 0) is 14.4 Å². The van der Waals surface area contributed by atoms with Gasteiger partial charge >= 0.3 is 6.03 Å². The summed E-state index contributed by atoms with van der Waals surface area (Å²) in [5.74, 6) is 1.01. The number of urea groups is 1. The first kappa shape index (κ1) is 30.3. The predicted molar refractivity (Wildman–Crippen MR) is 159 cm³/mol. The summed E-state index contributed by atoms with van der Waals surface area (Å²) in [7, 11) is 0. The molecule has 0 radical (unpaired) electrons. The number of anilines is 1. The molecule has 5 amide bonds. The molecule has 4 aliphatic rings. The van der Waals surface area contributed by atoms with Crippen LogP contribution in [0.25, 0.3) is 0 Å². The largest absolute Gasteiger partial charge is 0.484 e. The molecule has 11 nitrogen and oxygen atoms in total. The number of nitrogens with one attached hydrogen (secondary N) is 2. The second kappa shape index (κ2) is 14.3. The SMILES string of the molecule is Cc1ccc(OCC(=O)N2CCN(CC3CCN(CC(=O)NC4CCCCC4)CC3)CC2)cc1N1CCC(=O)NC1=O. The monoisotopic (exact) mass is 582 g/mol. The highest BCUT2D eigenvalue weighted by molar-refractivity contribution is 6.06. The van der Waals surface area contributed by atoms with E-state index >= 15 is 0 Å². The minimum Gasteiger partial charge on any atom is -0.484 e. The van der Waals surface area contributed by atoms with Gasteiger partial charge in [-0.25, -0.2) is 4.79 Å². The van der Waals surface area contributed by atoms with Crippen molar-refractivity contribution >= 4 is 29.4 Å². The van der Waals surface area contributed by atoms with E-state index in [0.717, 1.165) is 64.0 Å². The zero-order valence-electron chi connectivity index (χ0n) is 24.9. The summed E-state index contributed by atoms with van der Waals surface area (Å²) in [6.45, 7) is 8.74. The molecule has 11 heteroatoms. The van der Waals surface area contributed by atoms with E-state index < -0.39 is 6.03 Å². The van der Waals surface area contributed by atoms with Gasteiger partial charge in [-0.15, -0.1) is 0 Å². The second-order valence-corrected chi connectivity index (χ2v) is 12.3. The number of carbonyl (C=O) groups is 4. The summed E-state index contributed by atoms with van der Waals surface area (Å²) in [5, 5.41) is 5.58. The third kappa shape index (κ3) is 8.22. The number of likely N-dealkylation sites (tertiary alicyclic amines) is 1. The average molecular weight is 583 g/mol. The summed E-state index contributed by atoms with van der Waals surface area (Å²) in [6, 6.07) is 5.34. The molecule has 0 spiro atoms. The fourth-order valence-corrected chi connectivity index (χ4v) is 6.60. The number of amides is 5. The van der Waals surface area contributed by atoms with Gasteiger partial charge in [0.1, 0.15) is 5.75 Å². The van der Waals surface area contributed by atoms with E-state index in [-0.39, 0.29) is 30.7 Å². The molecule has 1 aliphatic carbocycles. The number of aryl methyl sites for hydroxylation is 1. The molecule has 3 heterocycles. The molecule has 3 aliphatic heterocycles. The van der Waals surface area contributed by atoms with Crippen LogP contribution < -0.4 is 20.3 Å². The Morgan fingerprint density at radius 3 is 2.38 bits per heavy atom. The van der Waals surface area contributed by atoms with Gasteiger partial charge in [-0.05, 0) is 63.2 Å². The van der Waals surface area contributed by atoms with Crippen molar-refractivity contribution in [2.75, 3.05) is 70.4 Å². The van der Waals surface area contributed by atoms with Crippen LogP contribution in [-0.4, -0.2) is 110 Å². The molecule has 0 aromatic heterocycles. The summed E-state index contributed by atoms with van der Waals surface area (Å²) < 4.78 is 5.83. The van der Waals surface area contributed by atoms with E-state index in [0.29, 0.717) is 49.6 Å². The molecule has 0 unspecified atom stereocenters. The van der Waals surface area contributed by atoms with E-state index in [9.17, 15) is 19.2 Å². The van der Waals surface area contributed by atoms with E-state index in [2.05, 4.69) is 20.4 Å². The number of carbonyl (C=O) groups excluding carboxylic acids is 4. The van der Waals surface area contributed by atoms with Crippen LogP contribution in [0.1, 0.15) is 56.9 Å². The smallest absolute Gasteiger partial charge is 0.328 e. The number of ether oxygens (including phenoxy) is 1. The molecule has 0 atom stereocenters. The van der Waals surface area contributed by atoms with Gasteiger partial charge in [0.2, 0.25) is 11.8 Å². The molecule has 1 aromatic rings. The average Bonchev–Trinajstić information content (AvgIpc) is 2.99. The molecule has 3 saturated heterocycles. The molecule has 4 fully saturated rings. The van der Waals surface area contributed by atoms with Crippen molar-refractivity contribution in [2.45, 2.75) is 64.3 Å². The Balaban J connectivity index is 0.990. The topological polar surface area (TPSA) is 115 Å². The van der Waals surface area contributed by atoms with Gasteiger partial charge in [-0.3, -0.25) is 34.4 Å².